The summed E-state index contributed by atoms with van der Waals surface area (Å²) in [7, 11) is 0. The van der Waals surface area contributed by atoms with Crippen LogP contribution in [-0.2, 0) is 6.42 Å². The van der Waals surface area contributed by atoms with Gasteiger partial charge in [-0.2, -0.15) is 4.98 Å². The molecule has 21 heavy (non-hydrogen) atoms. The molecule has 0 aliphatic carbocycles. The first-order chi connectivity index (χ1) is 10.2. The second-order valence-corrected chi connectivity index (χ2v) is 4.88. The van der Waals surface area contributed by atoms with Crippen LogP contribution >= 0.6 is 11.6 Å². The van der Waals surface area contributed by atoms with Gasteiger partial charge in [0.25, 0.3) is 0 Å². The number of nitrogens with zero attached hydrogens (tertiary/aromatic N) is 3. The van der Waals surface area contributed by atoms with E-state index in [4.69, 9.17) is 16.1 Å². The molecule has 106 valence electrons. The van der Waals surface area contributed by atoms with Gasteiger partial charge in [-0.1, -0.05) is 47.1 Å². The van der Waals surface area contributed by atoms with Gasteiger partial charge in [-0.3, -0.25) is 4.98 Å². The van der Waals surface area contributed by atoms with Crippen LogP contribution in [0, 0.1) is 0 Å². The Morgan fingerprint density at radius 1 is 1.14 bits per heavy atom. The molecule has 0 radical (unpaired) electrons. The van der Waals surface area contributed by atoms with Gasteiger partial charge in [0.2, 0.25) is 11.7 Å². The standard InChI is InChI=1S/C15H12ClN3O2/c16-11-7-4-8-17-14(11)15-18-13(21-19-15)9-12(20)10-5-2-1-3-6-10/h1-8,12,20H,9H2. The maximum atomic E-state index is 10.1. The van der Waals surface area contributed by atoms with E-state index in [-0.39, 0.29) is 6.42 Å². The van der Waals surface area contributed by atoms with Crippen molar-refractivity contribution < 1.29 is 9.63 Å². The van der Waals surface area contributed by atoms with Gasteiger partial charge in [0.15, 0.2) is 0 Å². The minimum Gasteiger partial charge on any atom is -0.388 e. The largest absolute Gasteiger partial charge is 0.388 e. The Balaban J connectivity index is 1.78. The summed E-state index contributed by atoms with van der Waals surface area (Å²) in [6.45, 7) is 0. The lowest BCUT2D eigenvalue weighted by atomic mass is 10.1. The summed E-state index contributed by atoms with van der Waals surface area (Å²) in [6, 6.07) is 12.8. The van der Waals surface area contributed by atoms with Crippen LogP contribution in [0.15, 0.2) is 53.2 Å². The van der Waals surface area contributed by atoms with Crippen molar-refractivity contribution in [3.63, 3.8) is 0 Å². The molecular formula is C15H12ClN3O2. The summed E-state index contributed by atoms with van der Waals surface area (Å²) < 4.78 is 5.15. The second kappa shape index (κ2) is 6.03. The summed E-state index contributed by atoms with van der Waals surface area (Å²) in [4.78, 5) is 8.34. The molecular weight excluding hydrogens is 290 g/mol. The fourth-order valence-electron chi connectivity index (χ4n) is 1.94. The Bertz CT molecular complexity index is 731. The van der Waals surface area contributed by atoms with Crippen LogP contribution in [-0.4, -0.2) is 20.2 Å². The summed E-state index contributed by atoms with van der Waals surface area (Å²) in [5.74, 6) is 0.652. The van der Waals surface area contributed by atoms with E-state index in [0.29, 0.717) is 22.4 Å². The van der Waals surface area contributed by atoms with Crippen LogP contribution in [0.1, 0.15) is 17.6 Å². The van der Waals surface area contributed by atoms with E-state index in [1.165, 1.54) is 0 Å². The van der Waals surface area contributed by atoms with Gasteiger partial charge in [0.1, 0.15) is 5.69 Å². The first-order valence-corrected chi connectivity index (χ1v) is 6.78. The summed E-state index contributed by atoms with van der Waals surface area (Å²) in [6.07, 6.45) is 1.15. The number of hydrogen-bond acceptors (Lipinski definition) is 5. The number of hydrogen-bond donors (Lipinski definition) is 1. The molecule has 2 aromatic heterocycles. The van der Waals surface area contributed by atoms with Crippen molar-refractivity contribution in [2.75, 3.05) is 0 Å². The summed E-state index contributed by atoms with van der Waals surface area (Å²) in [5.41, 5.74) is 1.26. The van der Waals surface area contributed by atoms with Crippen LogP contribution in [0.2, 0.25) is 5.02 Å². The normalized spacial score (nSPS) is 12.3. The molecule has 3 aromatic rings. The molecule has 0 spiro atoms. The Morgan fingerprint density at radius 2 is 1.95 bits per heavy atom. The van der Waals surface area contributed by atoms with E-state index in [9.17, 15) is 5.11 Å². The first-order valence-electron chi connectivity index (χ1n) is 6.40. The van der Waals surface area contributed by atoms with Crippen LogP contribution in [0.3, 0.4) is 0 Å². The molecule has 0 saturated heterocycles. The lowest BCUT2D eigenvalue weighted by Gasteiger charge is -2.07. The smallest absolute Gasteiger partial charge is 0.229 e. The number of aromatic nitrogens is 3. The van der Waals surface area contributed by atoms with E-state index in [1.54, 1.807) is 18.3 Å². The van der Waals surface area contributed by atoms with Crippen molar-refractivity contribution >= 4 is 11.6 Å². The molecule has 0 saturated carbocycles. The summed E-state index contributed by atoms with van der Waals surface area (Å²) in [5, 5.41) is 14.4. The van der Waals surface area contributed by atoms with Crippen LogP contribution < -0.4 is 0 Å². The predicted octanol–water partition coefficient (Wildman–Crippen LogP) is 3.06. The van der Waals surface area contributed by atoms with Gasteiger partial charge in [0, 0.05) is 6.20 Å². The lowest BCUT2D eigenvalue weighted by Crippen LogP contribution is -2.01. The molecule has 1 unspecified atom stereocenters. The van der Waals surface area contributed by atoms with Crippen molar-refractivity contribution in [2.45, 2.75) is 12.5 Å². The molecule has 0 aliphatic rings. The van der Waals surface area contributed by atoms with Crippen LogP contribution in [0.4, 0.5) is 0 Å². The molecule has 5 nitrogen and oxygen atoms in total. The number of halogens is 1. The van der Waals surface area contributed by atoms with E-state index in [2.05, 4.69) is 15.1 Å². The molecule has 6 heteroatoms. The predicted molar refractivity (Wildman–Crippen MR) is 77.6 cm³/mol. The van der Waals surface area contributed by atoms with E-state index < -0.39 is 6.10 Å². The third kappa shape index (κ3) is 3.09. The maximum absolute atomic E-state index is 10.1. The fourth-order valence-corrected chi connectivity index (χ4v) is 2.15. The Hall–Kier alpha value is -2.24. The molecule has 0 amide bonds. The van der Waals surface area contributed by atoms with Gasteiger partial charge in [-0.25, -0.2) is 0 Å². The molecule has 0 aliphatic heterocycles. The zero-order valence-electron chi connectivity index (χ0n) is 11.0. The van der Waals surface area contributed by atoms with Crippen molar-refractivity contribution in [2.24, 2.45) is 0 Å². The number of pyridine rings is 1. The lowest BCUT2D eigenvalue weighted by molar-refractivity contribution is 0.165. The highest BCUT2D eigenvalue weighted by molar-refractivity contribution is 6.32. The molecule has 1 N–H and O–H groups in total. The topological polar surface area (TPSA) is 72.0 Å². The van der Waals surface area contributed by atoms with Gasteiger partial charge >= 0.3 is 0 Å². The highest BCUT2D eigenvalue weighted by atomic mass is 35.5. The Labute approximate surface area is 126 Å². The third-order valence-electron chi connectivity index (χ3n) is 2.99. The van der Waals surface area contributed by atoms with Crippen molar-refractivity contribution in [3.05, 3.63) is 65.1 Å². The van der Waals surface area contributed by atoms with Crippen molar-refractivity contribution in [3.8, 4) is 11.5 Å². The average Bonchev–Trinajstić information content (AvgIpc) is 2.97. The van der Waals surface area contributed by atoms with E-state index in [1.807, 2.05) is 30.3 Å². The van der Waals surface area contributed by atoms with Gasteiger partial charge < -0.3 is 9.63 Å². The number of benzene rings is 1. The average molecular weight is 302 g/mol. The molecule has 1 atom stereocenters. The van der Waals surface area contributed by atoms with Crippen LogP contribution in [0.25, 0.3) is 11.5 Å². The van der Waals surface area contributed by atoms with Crippen molar-refractivity contribution in [1.82, 2.24) is 15.1 Å². The SMILES string of the molecule is OC(Cc1nc(-c2ncccc2Cl)no1)c1ccccc1. The maximum Gasteiger partial charge on any atom is 0.229 e. The van der Waals surface area contributed by atoms with Crippen molar-refractivity contribution in [1.29, 1.82) is 0 Å². The first kappa shape index (κ1) is 13.7. The number of aliphatic hydroxyl groups is 1. The summed E-state index contributed by atoms with van der Waals surface area (Å²) >= 11 is 6.04. The highest BCUT2D eigenvalue weighted by Gasteiger charge is 2.16. The van der Waals surface area contributed by atoms with E-state index >= 15 is 0 Å². The zero-order chi connectivity index (χ0) is 14.7. The highest BCUT2D eigenvalue weighted by Crippen LogP contribution is 2.24. The molecule has 0 fully saturated rings. The van der Waals surface area contributed by atoms with Gasteiger partial charge in [-0.15, -0.1) is 0 Å². The monoisotopic (exact) mass is 301 g/mol. The Kier molecular flexibility index (Phi) is 3.94. The Morgan fingerprint density at radius 3 is 2.71 bits per heavy atom. The molecule has 2 heterocycles. The van der Waals surface area contributed by atoms with Gasteiger partial charge in [0.05, 0.1) is 17.5 Å². The minimum absolute atomic E-state index is 0.238. The quantitative estimate of drug-likeness (QED) is 0.802. The zero-order valence-corrected chi connectivity index (χ0v) is 11.7. The fraction of sp³-hybridized carbons (Fsp3) is 0.133. The third-order valence-corrected chi connectivity index (χ3v) is 3.30. The van der Waals surface area contributed by atoms with Crippen LogP contribution in [0.5, 0.6) is 0 Å². The minimum atomic E-state index is -0.696. The molecule has 0 bridgehead atoms. The number of aliphatic hydroxyl groups excluding tert-OH is 1. The number of rotatable bonds is 4. The second-order valence-electron chi connectivity index (χ2n) is 4.48. The van der Waals surface area contributed by atoms with Gasteiger partial charge in [-0.05, 0) is 17.7 Å². The molecule has 3 rings (SSSR count). The molecule has 1 aromatic carbocycles. The van der Waals surface area contributed by atoms with E-state index in [0.717, 1.165) is 5.56 Å².